The summed E-state index contributed by atoms with van der Waals surface area (Å²) in [5, 5.41) is 22.1. The van der Waals surface area contributed by atoms with Gasteiger partial charge in [-0.1, -0.05) is 248 Å². The second-order valence-corrected chi connectivity index (χ2v) is 20.5. The average Bonchev–Trinajstić information content (AvgIpc) is 3.18. The number of hydrazone groups is 1. The molecular weight excluding hydrogens is 723 g/mol. The average molecular weight is 822 g/mol. The summed E-state index contributed by atoms with van der Waals surface area (Å²) >= 11 is 0. The summed E-state index contributed by atoms with van der Waals surface area (Å²) < 4.78 is 0. The number of amidine groups is 1. The Morgan fingerprint density at radius 3 is 1.19 bits per heavy atom. The number of anilines is 1. The summed E-state index contributed by atoms with van der Waals surface area (Å²) in [4.78, 5) is 0. The SMILES string of the molecule is CCCCCCCCCCCCCCCCCCC1=C(Nc2cc(C(C)(C)C)c(O)c(C(C)(C)C)c2)N(CCCCCCCCCCCCCCCCCC)NN=C1N. The summed E-state index contributed by atoms with van der Waals surface area (Å²) in [6, 6.07) is 4.28. The number of nitrogens with two attached hydrogens (primary N) is 1. The molecule has 0 amide bonds. The van der Waals surface area contributed by atoms with Gasteiger partial charge in [-0.3, -0.25) is 5.01 Å². The van der Waals surface area contributed by atoms with Crippen LogP contribution in [0.1, 0.15) is 278 Å². The van der Waals surface area contributed by atoms with E-state index in [4.69, 9.17) is 5.73 Å². The minimum Gasteiger partial charge on any atom is -0.507 e. The molecule has 1 aliphatic rings. The van der Waals surface area contributed by atoms with E-state index in [2.05, 4.69) is 88.5 Å². The van der Waals surface area contributed by atoms with Gasteiger partial charge in [0.2, 0.25) is 0 Å². The molecule has 2 rings (SSSR count). The Morgan fingerprint density at radius 1 is 0.525 bits per heavy atom. The lowest BCUT2D eigenvalue weighted by Crippen LogP contribution is -2.44. The van der Waals surface area contributed by atoms with Crippen LogP contribution >= 0.6 is 0 Å². The third-order valence-corrected chi connectivity index (χ3v) is 12.7. The van der Waals surface area contributed by atoms with Gasteiger partial charge in [-0.05, 0) is 42.2 Å². The van der Waals surface area contributed by atoms with Crippen LogP contribution in [0, 0.1) is 0 Å². The topological polar surface area (TPSA) is 85.9 Å². The highest BCUT2D eigenvalue weighted by atomic mass is 16.3. The van der Waals surface area contributed by atoms with Crippen LogP contribution in [0.4, 0.5) is 5.69 Å². The van der Waals surface area contributed by atoms with E-state index in [1.165, 1.54) is 193 Å². The summed E-state index contributed by atoms with van der Waals surface area (Å²) in [5.41, 5.74) is 13.6. The molecule has 0 unspecified atom stereocenters. The Kier molecular flexibility index (Phi) is 28.1. The third kappa shape index (κ3) is 23.4. The summed E-state index contributed by atoms with van der Waals surface area (Å²) in [6.45, 7) is 18.5. The lowest BCUT2D eigenvalue weighted by Gasteiger charge is -2.34. The molecule has 1 aromatic rings. The van der Waals surface area contributed by atoms with E-state index in [9.17, 15) is 5.11 Å². The van der Waals surface area contributed by atoms with Crippen molar-refractivity contribution in [1.29, 1.82) is 0 Å². The smallest absolute Gasteiger partial charge is 0.152 e. The molecule has 5 N–H and O–H groups in total. The second-order valence-electron chi connectivity index (χ2n) is 20.5. The molecule has 0 bridgehead atoms. The van der Waals surface area contributed by atoms with E-state index in [0.717, 1.165) is 54.0 Å². The van der Waals surface area contributed by atoms with Crippen molar-refractivity contribution in [3.8, 4) is 5.75 Å². The Labute approximate surface area is 367 Å². The molecule has 6 heteroatoms. The van der Waals surface area contributed by atoms with Crippen LogP contribution in [0.25, 0.3) is 0 Å². The summed E-state index contributed by atoms with van der Waals surface area (Å²) in [5.74, 6) is 2.01. The van der Waals surface area contributed by atoms with E-state index < -0.39 is 0 Å². The van der Waals surface area contributed by atoms with Gasteiger partial charge in [0.1, 0.15) is 11.6 Å². The number of nitrogens with zero attached hydrogens (tertiary/aromatic N) is 2. The van der Waals surface area contributed by atoms with Crippen molar-refractivity contribution >= 4 is 11.5 Å². The molecular formula is C53H99N5O. The molecule has 59 heavy (non-hydrogen) atoms. The number of benzene rings is 1. The summed E-state index contributed by atoms with van der Waals surface area (Å²) in [7, 11) is 0. The Bertz CT molecular complexity index is 1240. The van der Waals surface area contributed by atoms with Gasteiger partial charge < -0.3 is 16.2 Å². The molecule has 1 aliphatic heterocycles. The van der Waals surface area contributed by atoms with Gasteiger partial charge in [0.05, 0.1) is 0 Å². The van der Waals surface area contributed by atoms with Crippen LogP contribution in [0.15, 0.2) is 28.6 Å². The van der Waals surface area contributed by atoms with Crippen LogP contribution in [0.2, 0.25) is 0 Å². The van der Waals surface area contributed by atoms with E-state index in [1.54, 1.807) is 0 Å². The van der Waals surface area contributed by atoms with Crippen molar-refractivity contribution in [2.24, 2.45) is 10.8 Å². The fraction of sp³-hybridized carbons (Fsp3) is 0.830. The van der Waals surface area contributed by atoms with Gasteiger partial charge in [-0.15, -0.1) is 5.10 Å². The molecule has 0 saturated heterocycles. The van der Waals surface area contributed by atoms with Crippen molar-refractivity contribution < 1.29 is 5.11 Å². The number of phenolic OH excluding ortho intramolecular Hbond substituents is 1. The fourth-order valence-electron chi connectivity index (χ4n) is 8.72. The zero-order chi connectivity index (χ0) is 43.2. The lowest BCUT2D eigenvalue weighted by molar-refractivity contribution is 0.240. The van der Waals surface area contributed by atoms with Crippen molar-refractivity contribution in [2.45, 2.75) is 278 Å². The van der Waals surface area contributed by atoms with Crippen LogP contribution in [0.5, 0.6) is 5.75 Å². The van der Waals surface area contributed by atoms with Gasteiger partial charge in [0.15, 0.2) is 5.84 Å². The third-order valence-electron chi connectivity index (χ3n) is 12.7. The van der Waals surface area contributed by atoms with Gasteiger partial charge in [0, 0.05) is 28.9 Å². The van der Waals surface area contributed by atoms with Crippen LogP contribution in [-0.4, -0.2) is 22.5 Å². The zero-order valence-corrected chi connectivity index (χ0v) is 40.6. The Balaban J connectivity index is 1.91. The maximum absolute atomic E-state index is 11.5. The van der Waals surface area contributed by atoms with Crippen LogP contribution < -0.4 is 16.6 Å². The standard InChI is InChI=1S/C53H99N5O/c1-9-11-13-15-17-19-21-23-25-27-29-31-33-35-37-39-41-46-50(54)56-57-58(42-40-38-36-34-32-30-28-26-24-22-20-18-16-14-12-10-2)51(46)55-45-43-47(52(3,4)5)49(59)48(44-45)53(6,7)8/h43-44,55,57,59H,9-42H2,1-8H3,(H2,54,56). The van der Waals surface area contributed by atoms with Crippen molar-refractivity contribution in [3.63, 3.8) is 0 Å². The van der Waals surface area contributed by atoms with E-state index >= 15 is 0 Å². The molecule has 0 saturated carbocycles. The molecule has 342 valence electrons. The second kappa shape index (κ2) is 31.5. The maximum atomic E-state index is 11.5. The predicted molar refractivity (Wildman–Crippen MR) is 261 cm³/mol. The number of phenols is 1. The van der Waals surface area contributed by atoms with Crippen molar-refractivity contribution in [3.05, 3.63) is 34.7 Å². The van der Waals surface area contributed by atoms with Gasteiger partial charge >= 0.3 is 0 Å². The van der Waals surface area contributed by atoms with Gasteiger partial charge in [-0.2, -0.15) is 0 Å². The molecule has 6 nitrogen and oxygen atoms in total. The first-order chi connectivity index (χ1) is 28.4. The number of unbranched alkanes of at least 4 members (excludes halogenated alkanes) is 30. The van der Waals surface area contributed by atoms with E-state index in [-0.39, 0.29) is 10.8 Å². The highest BCUT2D eigenvalue weighted by Gasteiger charge is 2.28. The molecule has 1 heterocycles. The normalized spacial score (nSPS) is 13.6. The van der Waals surface area contributed by atoms with Crippen LogP contribution in [0.3, 0.4) is 0 Å². The van der Waals surface area contributed by atoms with E-state index in [0.29, 0.717) is 11.6 Å². The Hall–Kier alpha value is -2.37. The molecule has 0 atom stereocenters. The molecule has 0 spiro atoms. The maximum Gasteiger partial charge on any atom is 0.152 e. The molecule has 0 aromatic heterocycles. The molecule has 0 fully saturated rings. The highest BCUT2D eigenvalue weighted by Crippen LogP contribution is 2.41. The quantitative estimate of drug-likeness (QED) is 0.0400. The first-order valence-electron chi connectivity index (χ1n) is 25.6. The van der Waals surface area contributed by atoms with Gasteiger partial charge in [-0.25, -0.2) is 5.53 Å². The minimum absolute atomic E-state index is 0.203. The van der Waals surface area contributed by atoms with Crippen molar-refractivity contribution in [2.75, 3.05) is 11.9 Å². The monoisotopic (exact) mass is 822 g/mol. The van der Waals surface area contributed by atoms with Gasteiger partial charge in [0.25, 0.3) is 0 Å². The Morgan fingerprint density at radius 2 is 0.847 bits per heavy atom. The molecule has 1 aromatic carbocycles. The largest absolute Gasteiger partial charge is 0.507 e. The number of hydrogen-bond acceptors (Lipinski definition) is 6. The van der Waals surface area contributed by atoms with E-state index in [1.807, 2.05) is 0 Å². The highest BCUT2D eigenvalue weighted by molar-refractivity contribution is 5.98. The first-order valence-corrected chi connectivity index (χ1v) is 25.6. The fourth-order valence-corrected chi connectivity index (χ4v) is 8.72. The first kappa shape index (κ1) is 52.8. The lowest BCUT2D eigenvalue weighted by atomic mass is 9.79. The number of hydrazine groups is 1. The predicted octanol–water partition coefficient (Wildman–Crippen LogP) is 16.6. The van der Waals surface area contributed by atoms with Crippen molar-refractivity contribution in [1.82, 2.24) is 10.5 Å². The number of hydrogen-bond donors (Lipinski definition) is 4. The molecule has 0 aliphatic carbocycles. The summed E-state index contributed by atoms with van der Waals surface area (Å²) in [6.07, 6.45) is 44.6. The molecule has 0 radical (unpaired) electrons. The number of rotatable bonds is 36. The number of nitrogens with one attached hydrogen (secondary N) is 2. The van der Waals surface area contributed by atoms with Crippen LogP contribution in [-0.2, 0) is 10.8 Å². The minimum atomic E-state index is -0.203. The number of aromatic hydroxyl groups is 1. The zero-order valence-electron chi connectivity index (χ0n) is 40.6.